The lowest BCUT2D eigenvalue weighted by Gasteiger charge is -2.17. The lowest BCUT2D eigenvalue weighted by atomic mass is 10.0. The van der Waals surface area contributed by atoms with Gasteiger partial charge in [-0.15, -0.1) is 0 Å². The molecule has 1 N–H and O–H groups in total. The Bertz CT molecular complexity index is 153. The number of rotatable bonds is 14. The molecule has 0 heterocycles. The number of ether oxygens (including phenoxy) is 2. The van der Waals surface area contributed by atoms with Crippen LogP contribution in [0.2, 0.25) is 0 Å². The largest absolute Gasteiger partial charge is 0.382 e. The van der Waals surface area contributed by atoms with Crippen molar-refractivity contribution in [2.24, 2.45) is 0 Å². The first-order chi connectivity index (χ1) is 8.85. The van der Waals surface area contributed by atoms with Gasteiger partial charge in [0.1, 0.15) is 0 Å². The van der Waals surface area contributed by atoms with Gasteiger partial charge in [0.2, 0.25) is 0 Å². The Hall–Kier alpha value is -0.120. The Morgan fingerprint density at radius 3 is 2.39 bits per heavy atom. The molecule has 1 unspecified atom stereocenters. The normalized spacial score (nSPS) is 12.8. The highest BCUT2D eigenvalue weighted by atomic mass is 16.5. The Balaban J connectivity index is 3.31. The van der Waals surface area contributed by atoms with Crippen LogP contribution >= 0.6 is 0 Å². The van der Waals surface area contributed by atoms with Gasteiger partial charge in [0.05, 0.1) is 13.2 Å². The van der Waals surface area contributed by atoms with Crippen LogP contribution in [-0.4, -0.2) is 39.5 Å². The summed E-state index contributed by atoms with van der Waals surface area (Å²) in [5.74, 6) is 0. The van der Waals surface area contributed by atoms with E-state index in [-0.39, 0.29) is 0 Å². The molecule has 0 bridgehead atoms. The molecular weight excluding hydrogens is 226 g/mol. The summed E-state index contributed by atoms with van der Waals surface area (Å²) in [6, 6.07) is 0.726. The van der Waals surface area contributed by atoms with E-state index in [1.807, 2.05) is 0 Å². The highest BCUT2D eigenvalue weighted by Crippen LogP contribution is 2.08. The van der Waals surface area contributed by atoms with Crippen LogP contribution in [0.3, 0.4) is 0 Å². The maximum absolute atomic E-state index is 5.45. The van der Waals surface area contributed by atoms with Crippen molar-refractivity contribution in [2.75, 3.05) is 33.5 Å². The first-order valence-corrected chi connectivity index (χ1v) is 7.65. The second-order valence-corrected chi connectivity index (χ2v) is 4.89. The second kappa shape index (κ2) is 14.9. The minimum atomic E-state index is 0.708. The average molecular weight is 259 g/mol. The van der Waals surface area contributed by atoms with Gasteiger partial charge in [0.15, 0.2) is 0 Å². The SMILES string of the molecule is CCCNC(CCC)CCCCCOCCOC. The van der Waals surface area contributed by atoms with Crippen LogP contribution in [0.4, 0.5) is 0 Å². The molecule has 0 aliphatic rings. The van der Waals surface area contributed by atoms with Crippen LogP contribution in [0.5, 0.6) is 0 Å². The first kappa shape index (κ1) is 17.9. The maximum atomic E-state index is 5.45. The molecule has 0 fully saturated rings. The van der Waals surface area contributed by atoms with Crippen molar-refractivity contribution >= 4 is 0 Å². The van der Waals surface area contributed by atoms with Crippen LogP contribution in [0, 0.1) is 0 Å². The van der Waals surface area contributed by atoms with E-state index in [2.05, 4.69) is 19.2 Å². The molecule has 1 atom stereocenters. The monoisotopic (exact) mass is 259 g/mol. The summed E-state index contributed by atoms with van der Waals surface area (Å²) in [6.07, 6.45) is 8.90. The third-order valence-corrected chi connectivity index (χ3v) is 3.09. The van der Waals surface area contributed by atoms with E-state index in [0.29, 0.717) is 6.61 Å². The summed E-state index contributed by atoms with van der Waals surface area (Å²) in [4.78, 5) is 0. The molecule has 18 heavy (non-hydrogen) atoms. The summed E-state index contributed by atoms with van der Waals surface area (Å²) in [5, 5.41) is 3.64. The van der Waals surface area contributed by atoms with Gasteiger partial charge in [-0.05, 0) is 32.2 Å². The number of nitrogens with one attached hydrogen (secondary N) is 1. The van der Waals surface area contributed by atoms with Gasteiger partial charge < -0.3 is 14.8 Å². The highest BCUT2D eigenvalue weighted by molar-refractivity contribution is 4.65. The van der Waals surface area contributed by atoms with Gasteiger partial charge in [-0.2, -0.15) is 0 Å². The standard InChI is InChI=1S/C15H33NO2/c1-4-9-15(16-11-5-2)10-7-6-8-12-18-14-13-17-3/h15-16H,4-14H2,1-3H3. The Morgan fingerprint density at radius 2 is 1.72 bits per heavy atom. The molecule has 110 valence electrons. The summed E-state index contributed by atoms with van der Waals surface area (Å²) in [6.45, 7) is 7.97. The van der Waals surface area contributed by atoms with Gasteiger partial charge in [0.25, 0.3) is 0 Å². The fourth-order valence-corrected chi connectivity index (χ4v) is 2.06. The van der Waals surface area contributed by atoms with Crippen molar-refractivity contribution in [1.29, 1.82) is 0 Å². The van der Waals surface area contributed by atoms with Gasteiger partial charge in [-0.1, -0.05) is 33.1 Å². The Morgan fingerprint density at radius 1 is 0.889 bits per heavy atom. The molecule has 0 rings (SSSR count). The van der Waals surface area contributed by atoms with E-state index >= 15 is 0 Å². The Kier molecular flexibility index (Phi) is 14.8. The van der Waals surface area contributed by atoms with Crippen molar-refractivity contribution < 1.29 is 9.47 Å². The maximum Gasteiger partial charge on any atom is 0.0700 e. The van der Waals surface area contributed by atoms with E-state index in [1.165, 1.54) is 44.9 Å². The molecule has 0 aromatic rings. The van der Waals surface area contributed by atoms with Gasteiger partial charge in [-0.3, -0.25) is 0 Å². The quantitative estimate of drug-likeness (QED) is 0.485. The molecule has 0 aliphatic carbocycles. The molecule has 3 nitrogen and oxygen atoms in total. The summed E-state index contributed by atoms with van der Waals surface area (Å²) >= 11 is 0. The van der Waals surface area contributed by atoms with E-state index in [4.69, 9.17) is 9.47 Å². The third kappa shape index (κ3) is 12.3. The summed E-state index contributed by atoms with van der Waals surface area (Å²) in [7, 11) is 1.71. The minimum absolute atomic E-state index is 0.708. The minimum Gasteiger partial charge on any atom is -0.382 e. The van der Waals surface area contributed by atoms with E-state index in [9.17, 15) is 0 Å². The zero-order chi connectivity index (χ0) is 13.5. The molecule has 0 aromatic carbocycles. The number of unbranched alkanes of at least 4 members (excludes halogenated alkanes) is 2. The van der Waals surface area contributed by atoms with Crippen molar-refractivity contribution in [3.63, 3.8) is 0 Å². The fraction of sp³-hybridized carbons (Fsp3) is 1.00. The molecule has 0 saturated heterocycles. The van der Waals surface area contributed by atoms with Gasteiger partial charge in [0, 0.05) is 19.8 Å². The average Bonchev–Trinajstić information content (AvgIpc) is 2.39. The van der Waals surface area contributed by atoms with Crippen molar-refractivity contribution in [1.82, 2.24) is 5.32 Å². The summed E-state index contributed by atoms with van der Waals surface area (Å²) in [5.41, 5.74) is 0. The predicted molar refractivity (Wildman–Crippen MR) is 78.2 cm³/mol. The second-order valence-electron chi connectivity index (χ2n) is 4.89. The lowest BCUT2D eigenvalue weighted by Crippen LogP contribution is -2.29. The molecular formula is C15H33NO2. The summed E-state index contributed by atoms with van der Waals surface area (Å²) < 4.78 is 10.4. The third-order valence-electron chi connectivity index (χ3n) is 3.09. The van der Waals surface area contributed by atoms with Crippen LogP contribution < -0.4 is 5.32 Å². The Labute approximate surface area is 114 Å². The molecule has 0 aliphatic heterocycles. The smallest absolute Gasteiger partial charge is 0.0700 e. The van der Waals surface area contributed by atoms with E-state index in [0.717, 1.165) is 25.8 Å². The first-order valence-electron chi connectivity index (χ1n) is 7.65. The molecule has 3 heteroatoms. The number of hydrogen-bond donors (Lipinski definition) is 1. The van der Waals surface area contributed by atoms with Gasteiger partial charge >= 0.3 is 0 Å². The zero-order valence-corrected chi connectivity index (χ0v) is 12.7. The molecule has 0 aromatic heterocycles. The van der Waals surface area contributed by atoms with Crippen LogP contribution in [0.25, 0.3) is 0 Å². The zero-order valence-electron chi connectivity index (χ0n) is 12.7. The lowest BCUT2D eigenvalue weighted by molar-refractivity contribution is 0.0685. The van der Waals surface area contributed by atoms with Crippen molar-refractivity contribution in [3.8, 4) is 0 Å². The highest BCUT2D eigenvalue weighted by Gasteiger charge is 2.05. The van der Waals surface area contributed by atoms with E-state index in [1.54, 1.807) is 7.11 Å². The molecule has 0 amide bonds. The predicted octanol–water partition coefficient (Wildman–Crippen LogP) is 3.38. The molecule has 0 radical (unpaired) electrons. The van der Waals surface area contributed by atoms with Crippen molar-refractivity contribution in [2.45, 2.75) is 64.8 Å². The molecule has 0 spiro atoms. The van der Waals surface area contributed by atoms with Gasteiger partial charge in [-0.25, -0.2) is 0 Å². The number of hydrogen-bond acceptors (Lipinski definition) is 3. The topological polar surface area (TPSA) is 30.5 Å². The fourth-order valence-electron chi connectivity index (χ4n) is 2.06. The van der Waals surface area contributed by atoms with Crippen molar-refractivity contribution in [3.05, 3.63) is 0 Å². The molecule has 0 saturated carbocycles. The number of methoxy groups -OCH3 is 1. The van der Waals surface area contributed by atoms with E-state index < -0.39 is 0 Å². The van der Waals surface area contributed by atoms with Crippen LogP contribution in [0.1, 0.15) is 58.8 Å². The van der Waals surface area contributed by atoms with Crippen LogP contribution in [-0.2, 0) is 9.47 Å². The van der Waals surface area contributed by atoms with Crippen LogP contribution in [0.15, 0.2) is 0 Å².